The number of aromatic nitrogens is 1. The second-order valence-electron chi connectivity index (χ2n) is 5.37. The Morgan fingerprint density at radius 1 is 1.52 bits per heavy atom. The summed E-state index contributed by atoms with van der Waals surface area (Å²) in [7, 11) is -3.06. The van der Waals surface area contributed by atoms with Crippen molar-refractivity contribution in [3.63, 3.8) is 0 Å². The van der Waals surface area contributed by atoms with Crippen molar-refractivity contribution in [3.05, 3.63) is 29.5 Å². The zero-order valence-electron chi connectivity index (χ0n) is 11.3. The Morgan fingerprint density at radius 2 is 2.33 bits per heavy atom. The summed E-state index contributed by atoms with van der Waals surface area (Å²) in [6.07, 6.45) is 1.97. The van der Waals surface area contributed by atoms with E-state index in [0.29, 0.717) is 17.2 Å². The average Bonchev–Trinajstić information content (AvgIpc) is 3.09. The standard InChI is InChI=1S/C13H14N2O4S2/c1-13(4-6-21(17,18)8-13)15-11(16)9-7-20-12(14-9)10-3-2-5-19-10/h2-3,5,7H,4,6,8H2,1H3,(H,15,16)/t13-/m1/s1. The van der Waals surface area contributed by atoms with Crippen LogP contribution in [0, 0.1) is 0 Å². The van der Waals surface area contributed by atoms with Gasteiger partial charge in [-0.3, -0.25) is 4.79 Å². The van der Waals surface area contributed by atoms with Gasteiger partial charge in [-0.25, -0.2) is 13.4 Å². The molecule has 1 aliphatic rings. The molecule has 1 N–H and O–H groups in total. The van der Waals surface area contributed by atoms with Crippen LogP contribution in [0.3, 0.4) is 0 Å². The lowest BCUT2D eigenvalue weighted by Crippen LogP contribution is -2.47. The van der Waals surface area contributed by atoms with Gasteiger partial charge in [-0.1, -0.05) is 0 Å². The largest absolute Gasteiger partial charge is 0.462 e. The Kier molecular flexibility index (Phi) is 3.37. The van der Waals surface area contributed by atoms with Crippen LogP contribution in [0.2, 0.25) is 0 Å². The van der Waals surface area contributed by atoms with E-state index in [-0.39, 0.29) is 23.1 Å². The SMILES string of the molecule is C[C@@]1(NC(=O)c2csc(-c3ccco3)n2)CCS(=O)(=O)C1. The van der Waals surface area contributed by atoms with E-state index in [9.17, 15) is 13.2 Å². The predicted molar refractivity (Wildman–Crippen MR) is 79.0 cm³/mol. The molecule has 1 amide bonds. The lowest BCUT2D eigenvalue weighted by atomic mass is 10.0. The topological polar surface area (TPSA) is 89.3 Å². The first-order valence-corrected chi connectivity index (χ1v) is 9.09. The van der Waals surface area contributed by atoms with Crippen molar-refractivity contribution in [1.29, 1.82) is 0 Å². The van der Waals surface area contributed by atoms with Crippen molar-refractivity contribution in [2.75, 3.05) is 11.5 Å². The molecule has 8 heteroatoms. The molecule has 0 aliphatic carbocycles. The molecule has 1 aliphatic heterocycles. The number of carbonyl (C=O) groups excluding carboxylic acids is 1. The zero-order chi connectivity index (χ0) is 15.1. The Hall–Kier alpha value is -1.67. The Balaban J connectivity index is 1.75. The Morgan fingerprint density at radius 3 is 2.95 bits per heavy atom. The van der Waals surface area contributed by atoms with Gasteiger partial charge in [-0.2, -0.15) is 0 Å². The monoisotopic (exact) mass is 326 g/mol. The minimum absolute atomic E-state index is 0.0269. The molecule has 112 valence electrons. The fraction of sp³-hybridized carbons (Fsp3) is 0.385. The molecule has 1 fully saturated rings. The summed E-state index contributed by atoms with van der Waals surface area (Å²) < 4.78 is 28.3. The number of thiazole rings is 1. The molecule has 0 unspecified atom stereocenters. The van der Waals surface area contributed by atoms with Gasteiger partial charge in [0.05, 0.1) is 23.3 Å². The molecule has 0 aromatic carbocycles. The highest BCUT2D eigenvalue weighted by molar-refractivity contribution is 7.91. The molecule has 0 radical (unpaired) electrons. The van der Waals surface area contributed by atoms with Crippen LogP contribution in [0.4, 0.5) is 0 Å². The van der Waals surface area contributed by atoms with E-state index >= 15 is 0 Å². The van der Waals surface area contributed by atoms with Gasteiger partial charge in [0.25, 0.3) is 5.91 Å². The number of hydrogen-bond acceptors (Lipinski definition) is 6. The number of furan rings is 1. The minimum Gasteiger partial charge on any atom is -0.462 e. The summed E-state index contributed by atoms with van der Waals surface area (Å²) in [5, 5.41) is 5.04. The van der Waals surface area contributed by atoms with E-state index in [1.54, 1.807) is 30.7 Å². The lowest BCUT2D eigenvalue weighted by molar-refractivity contribution is 0.0911. The molecule has 1 saturated heterocycles. The van der Waals surface area contributed by atoms with Crippen molar-refractivity contribution in [2.24, 2.45) is 0 Å². The van der Waals surface area contributed by atoms with Crippen molar-refractivity contribution in [3.8, 4) is 10.8 Å². The third-order valence-electron chi connectivity index (χ3n) is 3.39. The molecule has 3 rings (SSSR count). The first-order valence-electron chi connectivity index (χ1n) is 6.39. The number of sulfone groups is 1. The summed E-state index contributed by atoms with van der Waals surface area (Å²) in [5.74, 6) is 0.330. The number of nitrogens with zero attached hydrogens (tertiary/aromatic N) is 1. The quantitative estimate of drug-likeness (QED) is 0.927. The lowest BCUT2D eigenvalue weighted by Gasteiger charge is -2.23. The maximum Gasteiger partial charge on any atom is 0.271 e. The van der Waals surface area contributed by atoms with Crippen LogP contribution in [-0.2, 0) is 9.84 Å². The number of nitrogens with one attached hydrogen (secondary N) is 1. The maximum absolute atomic E-state index is 12.2. The van der Waals surface area contributed by atoms with Crippen LogP contribution in [0.15, 0.2) is 28.2 Å². The van der Waals surface area contributed by atoms with Gasteiger partial charge >= 0.3 is 0 Å². The van der Waals surface area contributed by atoms with Crippen LogP contribution in [0.5, 0.6) is 0 Å². The van der Waals surface area contributed by atoms with E-state index in [1.807, 2.05) is 0 Å². The molecule has 2 aromatic heterocycles. The van der Waals surface area contributed by atoms with E-state index < -0.39 is 15.4 Å². The zero-order valence-corrected chi connectivity index (χ0v) is 13.0. The van der Waals surface area contributed by atoms with E-state index in [1.165, 1.54) is 11.3 Å². The highest BCUT2D eigenvalue weighted by atomic mass is 32.2. The molecule has 3 heterocycles. The maximum atomic E-state index is 12.2. The normalized spacial score (nSPS) is 24.0. The van der Waals surface area contributed by atoms with Gasteiger partial charge in [0, 0.05) is 5.38 Å². The highest BCUT2D eigenvalue weighted by Gasteiger charge is 2.39. The number of amides is 1. The van der Waals surface area contributed by atoms with Crippen LogP contribution in [0.1, 0.15) is 23.8 Å². The fourth-order valence-electron chi connectivity index (χ4n) is 2.34. The highest BCUT2D eigenvalue weighted by Crippen LogP contribution is 2.26. The van der Waals surface area contributed by atoms with Crippen LogP contribution < -0.4 is 5.32 Å². The smallest absolute Gasteiger partial charge is 0.271 e. The van der Waals surface area contributed by atoms with E-state index in [0.717, 1.165) is 0 Å². The molecular formula is C13H14N2O4S2. The van der Waals surface area contributed by atoms with Crippen molar-refractivity contribution in [1.82, 2.24) is 10.3 Å². The summed E-state index contributed by atoms with van der Waals surface area (Å²) in [6.45, 7) is 1.75. The third kappa shape index (κ3) is 3.01. The molecule has 6 nitrogen and oxygen atoms in total. The van der Waals surface area contributed by atoms with Gasteiger partial charge in [-0.05, 0) is 25.5 Å². The third-order valence-corrected chi connectivity index (χ3v) is 6.15. The molecule has 1 atom stereocenters. The van der Waals surface area contributed by atoms with Gasteiger partial charge in [-0.15, -0.1) is 11.3 Å². The van der Waals surface area contributed by atoms with Crippen molar-refractivity contribution in [2.45, 2.75) is 18.9 Å². The summed E-state index contributed by atoms with van der Waals surface area (Å²) in [4.78, 5) is 16.4. The van der Waals surface area contributed by atoms with Gasteiger partial charge in [0.15, 0.2) is 20.6 Å². The Bertz CT molecular complexity index is 764. The predicted octanol–water partition coefficient (Wildman–Crippen LogP) is 1.71. The fourth-order valence-corrected chi connectivity index (χ4v) is 5.20. The number of carbonyl (C=O) groups is 1. The number of hydrogen-bond donors (Lipinski definition) is 1. The first kappa shape index (κ1) is 14.3. The second kappa shape index (κ2) is 4.96. The first-order chi connectivity index (χ1) is 9.87. The molecule has 21 heavy (non-hydrogen) atoms. The van der Waals surface area contributed by atoms with Gasteiger partial charge < -0.3 is 9.73 Å². The minimum atomic E-state index is -3.06. The van der Waals surface area contributed by atoms with Crippen LogP contribution >= 0.6 is 11.3 Å². The van der Waals surface area contributed by atoms with Crippen LogP contribution in [-0.4, -0.2) is 36.4 Å². The number of rotatable bonds is 3. The van der Waals surface area contributed by atoms with E-state index in [2.05, 4.69) is 10.3 Å². The van der Waals surface area contributed by atoms with Crippen LogP contribution in [0.25, 0.3) is 10.8 Å². The molecule has 0 saturated carbocycles. The van der Waals surface area contributed by atoms with Gasteiger partial charge in [0.1, 0.15) is 5.69 Å². The van der Waals surface area contributed by atoms with Crippen molar-refractivity contribution >= 4 is 27.1 Å². The molecule has 0 spiro atoms. The van der Waals surface area contributed by atoms with Gasteiger partial charge in [0.2, 0.25) is 0 Å². The molecular weight excluding hydrogens is 312 g/mol. The molecule has 2 aromatic rings. The summed E-state index contributed by atoms with van der Waals surface area (Å²) >= 11 is 1.31. The average molecular weight is 326 g/mol. The van der Waals surface area contributed by atoms with Crippen molar-refractivity contribution < 1.29 is 17.6 Å². The molecule has 0 bridgehead atoms. The second-order valence-corrected chi connectivity index (χ2v) is 8.41. The van der Waals surface area contributed by atoms with E-state index in [4.69, 9.17) is 4.42 Å². The Labute approximate surface area is 126 Å². The summed E-state index contributed by atoms with van der Waals surface area (Å²) in [6, 6.07) is 3.52. The summed E-state index contributed by atoms with van der Waals surface area (Å²) in [5.41, 5.74) is -0.443.